The number of rotatable bonds is 4. The fraction of sp³-hybridized carbons (Fsp3) is 0.375. The minimum atomic E-state index is -3.71. The monoisotopic (exact) mass is 364 g/mol. The van der Waals surface area contributed by atoms with Gasteiger partial charge in [-0.25, -0.2) is 12.7 Å². The fourth-order valence-corrected chi connectivity index (χ4v) is 3.51. The molecule has 1 unspecified atom stereocenters. The van der Waals surface area contributed by atoms with Gasteiger partial charge in [-0.1, -0.05) is 6.07 Å². The number of sulfonamides is 1. The van der Waals surface area contributed by atoms with E-state index in [0.717, 1.165) is 9.87 Å². The lowest BCUT2D eigenvalue weighted by atomic mass is 10.1. The predicted octanol–water partition coefficient (Wildman–Crippen LogP) is 0.712. The molecule has 3 rings (SSSR count). The molecule has 134 valence electrons. The molecule has 1 amide bonds. The van der Waals surface area contributed by atoms with Crippen molar-refractivity contribution in [3.63, 3.8) is 0 Å². The molecule has 0 aromatic carbocycles. The Bertz CT molecular complexity index is 848. The summed E-state index contributed by atoms with van der Waals surface area (Å²) in [5.74, 6) is -0.327. The first-order valence-corrected chi connectivity index (χ1v) is 9.29. The van der Waals surface area contributed by atoms with Crippen LogP contribution in [0.5, 0.6) is 0 Å². The number of carbonyl (C=O) groups is 1. The summed E-state index contributed by atoms with van der Waals surface area (Å²) < 4.78 is 30.6. The van der Waals surface area contributed by atoms with Crippen LogP contribution in [0.25, 0.3) is 0 Å². The number of amides is 1. The van der Waals surface area contributed by atoms with E-state index >= 15 is 0 Å². The zero-order valence-electron chi connectivity index (χ0n) is 14.0. The Morgan fingerprint density at radius 3 is 2.84 bits per heavy atom. The van der Waals surface area contributed by atoms with Crippen LogP contribution in [-0.2, 0) is 10.0 Å². The van der Waals surface area contributed by atoms with Gasteiger partial charge in [-0.05, 0) is 23.8 Å². The highest BCUT2D eigenvalue weighted by Crippen LogP contribution is 2.25. The van der Waals surface area contributed by atoms with Crippen LogP contribution in [0, 0.1) is 0 Å². The quantitative estimate of drug-likeness (QED) is 0.858. The lowest BCUT2D eigenvalue weighted by Crippen LogP contribution is -2.48. The van der Waals surface area contributed by atoms with E-state index in [1.165, 1.54) is 26.2 Å². The topological polar surface area (TPSA) is 95.8 Å². The average molecular weight is 364 g/mol. The van der Waals surface area contributed by atoms with E-state index in [-0.39, 0.29) is 22.8 Å². The van der Waals surface area contributed by atoms with Crippen molar-refractivity contribution in [3.05, 3.63) is 48.0 Å². The predicted molar refractivity (Wildman–Crippen MR) is 90.5 cm³/mol. The molecule has 1 aliphatic rings. The van der Waals surface area contributed by atoms with E-state index in [1.807, 2.05) is 12.1 Å². The van der Waals surface area contributed by atoms with Crippen LogP contribution >= 0.6 is 0 Å². The van der Waals surface area contributed by atoms with Gasteiger partial charge in [0, 0.05) is 46.1 Å². The molecule has 3 heterocycles. The number of furan rings is 1. The highest BCUT2D eigenvalue weighted by molar-refractivity contribution is 7.88. The highest BCUT2D eigenvalue weighted by atomic mass is 32.2. The standard InChI is InChI=1S/C16H20N4O4S/c1-19(2)25(22,23)15-6-5-14(24-15)16(21)20-9-8-18-11-13(20)12-4-3-7-17-10-12/h3-7,10,13,18H,8-9,11H2,1-2H3. The molecule has 9 heteroatoms. The van der Waals surface area contributed by atoms with Gasteiger partial charge >= 0.3 is 0 Å². The van der Waals surface area contributed by atoms with Crippen molar-refractivity contribution >= 4 is 15.9 Å². The van der Waals surface area contributed by atoms with E-state index in [1.54, 1.807) is 17.3 Å². The van der Waals surface area contributed by atoms with E-state index in [0.29, 0.717) is 19.6 Å². The van der Waals surface area contributed by atoms with E-state index in [2.05, 4.69) is 10.3 Å². The van der Waals surface area contributed by atoms with Crippen molar-refractivity contribution in [1.82, 2.24) is 19.5 Å². The molecule has 2 aromatic heterocycles. The maximum atomic E-state index is 12.9. The summed E-state index contributed by atoms with van der Waals surface area (Å²) in [5.41, 5.74) is 0.913. The summed E-state index contributed by atoms with van der Waals surface area (Å²) in [5, 5.41) is 3.02. The first-order valence-electron chi connectivity index (χ1n) is 7.85. The third-order valence-electron chi connectivity index (χ3n) is 4.10. The zero-order chi connectivity index (χ0) is 18.0. The molecule has 0 bridgehead atoms. The van der Waals surface area contributed by atoms with Crippen LogP contribution in [0.4, 0.5) is 0 Å². The van der Waals surface area contributed by atoms with Crippen LogP contribution in [0.2, 0.25) is 0 Å². The first-order chi connectivity index (χ1) is 11.9. The van der Waals surface area contributed by atoms with E-state index < -0.39 is 10.0 Å². The summed E-state index contributed by atoms with van der Waals surface area (Å²) in [6.45, 7) is 1.75. The van der Waals surface area contributed by atoms with Crippen LogP contribution in [0.15, 0.2) is 46.2 Å². The second-order valence-corrected chi connectivity index (χ2v) is 7.99. The molecule has 1 saturated heterocycles. The van der Waals surface area contributed by atoms with Crippen LogP contribution in [0.3, 0.4) is 0 Å². The summed E-state index contributed by atoms with van der Waals surface area (Å²) in [6, 6.07) is 6.26. The Labute approximate surface area is 146 Å². The van der Waals surface area contributed by atoms with Crippen LogP contribution < -0.4 is 5.32 Å². The molecule has 0 aliphatic carbocycles. The molecule has 0 radical (unpaired) electrons. The van der Waals surface area contributed by atoms with E-state index in [4.69, 9.17) is 4.42 Å². The number of aromatic nitrogens is 1. The van der Waals surface area contributed by atoms with Gasteiger partial charge < -0.3 is 14.6 Å². The second kappa shape index (κ2) is 6.95. The SMILES string of the molecule is CN(C)S(=O)(=O)c1ccc(C(=O)N2CCNCC2c2cccnc2)o1. The highest BCUT2D eigenvalue weighted by Gasteiger charge is 2.31. The van der Waals surface area contributed by atoms with Crippen LogP contribution in [0.1, 0.15) is 22.2 Å². The smallest absolute Gasteiger partial charge is 0.290 e. The van der Waals surface area contributed by atoms with Gasteiger partial charge in [0.1, 0.15) is 0 Å². The van der Waals surface area contributed by atoms with Crippen molar-refractivity contribution < 1.29 is 17.6 Å². The molecule has 1 atom stereocenters. The lowest BCUT2D eigenvalue weighted by molar-refractivity contribution is 0.0595. The number of piperazine rings is 1. The molecular formula is C16H20N4O4S. The number of pyridine rings is 1. The molecule has 8 nitrogen and oxygen atoms in total. The van der Waals surface area contributed by atoms with Crippen molar-refractivity contribution in [1.29, 1.82) is 0 Å². The van der Waals surface area contributed by atoms with Crippen LogP contribution in [-0.4, -0.2) is 62.2 Å². The Balaban J connectivity index is 1.88. The van der Waals surface area contributed by atoms with Gasteiger partial charge in [-0.2, -0.15) is 0 Å². The normalized spacial score (nSPS) is 18.5. The Kier molecular flexibility index (Phi) is 4.89. The summed E-state index contributed by atoms with van der Waals surface area (Å²) in [7, 11) is -0.891. The second-order valence-electron chi connectivity index (χ2n) is 5.91. The third-order valence-corrected chi connectivity index (χ3v) is 5.79. The molecule has 2 aromatic rings. The number of nitrogens with one attached hydrogen (secondary N) is 1. The van der Waals surface area contributed by atoms with Gasteiger partial charge in [0.25, 0.3) is 15.9 Å². The fourth-order valence-electron chi connectivity index (χ4n) is 2.71. The Morgan fingerprint density at radius 1 is 1.36 bits per heavy atom. The average Bonchev–Trinajstić information content (AvgIpc) is 3.12. The van der Waals surface area contributed by atoms with Crippen molar-refractivity contribution in [2.45, 2.75) is 11.1 Å². The van der Waals surface area contributed by atoms with Gasteiger partial charge in [0.05, 0.1) is 6.04 Å². The Morgan fingerprint density at radius 2 is 2.16 bits per heavy atom. The number of hydrogen-bond acceptors (Lipinski definition) is 6. The molecule has 1 aliphatic heterocycles. The molecular weight excluding hydrogens is 344 g/mol. The minimum absolute atomic E-state index is 0.0104. The molecule has 0 spiro atoms. The summed E-state index contributed by atoms with van der Waals surface area (Å²) in [6.07, 6.45) is 3.40. The third kappa shape index (κ3) is 3.44. The lowest BCUT2D eigenvalue weighted by Gasteiger charge is -2.35. The maximum absolute atomic E-state index is 12.9. The largest absolute Gasteiger partial charge is 0.438 e. The minimum Gasteiger partial charge on any atom is -0.438 e. The maximum Gasteiger partial charge on any atom is 0.290 e. The van der Waals surface area contributed by atoms with E-state index in [9.17, 15) is 13.2 Å². The van der Waals surface area contributed by atoms with Crippen molar-refractivity contribution in [3.8, 4) is 0 Å². The number of hydrogen-bond donors (Lipinski definition) is 1. The van der Waals surface area contributed by atoms with Gasteiger partial charge in [-0.3, -0.25) is 9.78 Å². The molecule has 1 N–H and O–H groups in total. The first kappa shape index (κ1) is 17.6. The molecule has 25 heavy (non-hydrogen) atoms. The van der Waals surface area contributed by atoms with Crippen molar-refractivity contribution in [2.75, 3.05) is 33.7 Å². The van der Waals surface area contributed by atoms with Gasteiger partial charge in [0.2, 0.25) is 5.09 Å². The Hall–Kier alpha value is -2.23. The number of carbonyl (C=O) groups excluding carboxylic acids is 1. The van der Waals surface area contributed by atoms with Gasteiger partial charge in [0.15, 0.2) is 5.76 Å². The molecule has 1 fully saturated rings. The van der Waals surface area contributed by atoms with Crippen molar-refractivity contribution in [2.24, 2.45) is 0 Å². The molecule has 0 saturated carbocycles. The zero-order valence-corrected chi connectivity index (χ0v) is 14.9. The van der Waals surface area contributed by atoms with Gasteiger partial charge in [-0.15, -0.1) is 0 Å². The number of nitrogens with zero attached hydrogens (tertiary/aromatic N) is 3. The summed E-state index contributed by atoms with van der Waals surface area (Å²) in [4.78, 5) is 18.7. The summed E-state index contributed by atoms with van der Waals surface area (Å²) >= 11 is 0.